The number of amides is 2. The van der Waals surface area contributed by atoms with Crippen LogP contribution in [0.5, 0.6) is 5.75 Å². The number of halogens is 1. The Balaban J connectivity index is 1.50. The van der Waals surface area contributed by atoms with E-state index < -0.39 is 0 Å². The van der Waals surface area contributed by atoms with Crippen LogP contribution in [0, 0.1) is 0 Å². The molecule has 0 saturated carbocycles. The van der Waals surface area contributed by atoms with E-state index in [0.29, 0.717) is 42.4 Å². The maximum atomic E-state index is 12.5. The molecule has 0 aliphatic carbocycles. The average Bonchev–Trinajstić information content (AvgIpc) is 2.85. The number of rotatable bonds is 9. The van der Waals surface area contributed by atoms with Crippen LogP contribution in [0.2, 0.25) is 5.02 Å². The summed E-state index contributed by atoms with van der Waals surface area (Å²) in [6.07, 6.45) is 3.51. The predicted octanol–water partition coefficient (Wildman–Crippen LogP) is 5.09. The van der Waals surface area contributed by atoms with Gasteiger partial charge in [0.2, 0.25) is 5.91 Å². The van der Waals surface area contributed by atoms with E-state index in [9.17, 15) is 9.59 Å². The molecule has 1 aliphatic rings. The van der Waals surface area contributed by atoms with Crippen molar-refractivity contribution in [1.82, 2.24) is 10.2 Å². The topological polar surface area (TPSA) is 73.9 Å². The zero-order chi connectivity index (χ0) is 25.2. The molecule has 1 fully saturated rings. The lowest BCUT2D eigenvalue weighted by Crippen LogP contribution is -2.48. The number of benzene rings is 2. The van der Waals surface area contributed by atoms with Crippen molar-refractivity contribution in [3.05, 3.63) is 53.1 Å². The summed E-state index contributed by atoms with van der Waals surface area (Å²) >= 11 is 11.9. The Kier molecular flexibility index (Phi) is 10.2. The molecule has 0 unspecified atom stereocenters. The van der Waals surface area contributed by atoms with Crippen molar-refractivity contribution in [3.63, 3.8) is 0 Å². The summed E-state index contributed by atoms with van der Waals surface area (Å²) < 4.78 is 5.63. The normalized spacial score (nSPS) is 13.3. The molecule has 2 aromatic carbocycles. The molecule has 0 spiro atoms. The van der Waals surface area contributed by atoms with Crippen LogP contribution in [0.25, 0.3) is 0 Å². The van der Waals surface area contributed by atoms with Crippen molar-refractivity contribution in [3.8, 4) is 5.75 Å². The molecule has 9 heteroatoms. The highest BCUT2D eigenvalue weighted by atomic mass is 35.5. The van der Waals surface area contributed by atoms with Gasteiger partial charge in [-0.1, -0.05) is 31.9 Å². The SMILES string of the molecule is CCCCOc1ccc(C(=O)NC(=S)Nc2ccc(N3CCN(C(=O)CCC)CC3)c(Cl)c2)cc1. The number of anilines is 2. The number of ether oxygens (including phenoxy) is 1. The Labute approximate surface area is 217 Å². The molecule has 0 bridgehead atoms. The van der Waals surface area contributed by atoms with E-state index in [4.69, 9.17) is 28.6 Å². The van der Waals surface area contributed by atoms with Gasteiger partial charge in [-0.15, -0.1) is 0 Å². The molecule has 2 aromatic rings. The van der Waals surface area contributed by atoms with E-state index in [1.165, 1.54) is 0 Å². The number of unbranched alkanes of at least 4 members (excludes halogenated alkanes) is 1. The van der Waals surface area contributed by atoms with Crippen LogP contribution < -0.4 is 20.3 Å². The Hall–Kier alpha value is -2.84. The van der Waals surface area contributed by atoms with E-state index in [1.807, 2.05) is 24.0 Å². The molecular weight excluding hydrogens is 484 g/mol. The molecule has 188 valence electrons. The van der Waals surface area contributed by atoms with Crippen LogP contribution in [-0.2, 0) is 4.79 Å². The first-order valence-electron chi connectivity index (χ1n) is 12.1. The molecule has 0 radical (unpaired) electrons. The summed E-state index contributed by atoms with van der Waals surface area (Å²) in [5.74, 6) is 0.643. The number of hydrogen-bond acceptors (Lipinski definition) is 5. The summed E-state index contributed by atoms with van der Waals surface area (Å²) in [4.78, 5) is 28.7. The van der Waals surface area contributed by atoms with Crippen LogP contribution in [-0.4, -0.2) is 54.6 Å². The summed E-state index contributed by atoms with van der Waals surface area (Å²) in [5.41, 5.74) is 2.08. The minimum Gasteiger partial charge on any atom is -0.494 e. The maximum Gasteiger partial charge on any atom is 0.257 e. The van der Waals surface area contributed by atoms with Crippen LogP contribution >= 0.6 is 23.8 Å². The number of nitrogens with zero attached hydrogens (tertiary/aromatic N) is 2. The quantitative estimate of drug-likeness (QED) is 0.357. The van der Waals surface area contributed by atoms with Gasteiger partial charge in [0.05, 0.1) is 17.3 Å². The van der Waals surface area contributed by atoms with E-state index in [2.05, 4.69) is 22.5 Å². The lowest BCUT2D eigenvalue weighted by Gasteiger charge is -2.36. The van der Waals surface area contributed by atoms with Gasteiger partial charge in [-0.05, 0) is 67.5 Å². The molecule has 2 amide bonds. The molecule has 0 atom stereocenters. The second-order valence-electron chi connectivity index (χ2n) is 8.42. The van der Waals surface area contributed by atoms with Crippen molar-refractivity contribution in [2.75, 3.05) is 43.0 Å². The van der Waals surface area contributed by atoms with E-state index in [1.54, 1.807) is 30.3 Å². The van der Waals surface area contributed by atoms with Crippen LogP contribution in [0.15, 0.2) is 42.5 Å². The summed E-state index contributed by atoms with van der Waals surface area (Å²) in [7, 11) is 0. The first-order chi connectivity index (χ1) is 16.9. The highest BCUT2D eigenvalue weighted by Crippen LogP contribution is 2.29. The smallest absolute Gasteiger partial charge is 0.257 e. The van der Waals surface area contributed by atoms with Crippen molar-refractivity contribution < 1.29 is 14.3 Å². The third kappa shape index (κ3) is 7.83. The lowest BCUT2D eigenvalue weighted by atomic mass is 10.2. The van der Waals surface area contributed by atoms with Crippen LogP contribution in [0.1, 0.15) is 49.9 Å². The van der Waals surface area contributed by atoms with Crippen molar-refractivity contribution in [1.29, 1.82) is 0 Å². The Morgan fingerprint density at radius 3 is 2.37 bits per heavy atom. The monoisotopic (exact) mass is 516 g/mol. The number of carbonyl (C=O) groups is 2. The van der Waals surface area contributed by atoms with Gasteiger partial charge >= 0.3 is 0 Å². The lowest BCUT2D eigenvalue weighted by molar-refractivity contribution is -0.131. The molecular formula is C26H33ClN4O3S. The standard InChI is InChI=1S/C26H33ClN4O3S/c1-3-5-17-34-21-10-7-19(8-11-21)25(33)29-26(35)28-20-9-12-23(22(27)18-20)30-13-15-31(16-14-30)24(32)6-4-2/h7-12,18H,3-6,13-17H2,1-2H3,(H2,28,29,33,35). The molecule has 1 saturated heterocycles. The summed E-state index contributed by atoms with van der Waals surface area (Å²) in [5, 5.41) is 6.47. The Morgan fingerprint density at radius 1 is 1.03 bits per heavy atom. The zero-order valence-electron chi connectivity index (χ0n) is 20.3. The maximum absolute atomic E-state index is 12.5. The minimum absolute atomic E-state index is 0.185. The van der Waals surface area contributed by atoms with Crippen LogP contribution in [0.4, 0.5) is 11.4 Å². The highest BCUT2D eigenvalue weighted by Gasteiger charge is 2.22. The molecule has 0 aromatic heterocycles. The van der Waals surface area contributed by atoms with E-state index in [-0.39, 0.29) is 16.9 Å². The zero-order valence-corrected chi connectivity index (χ0v) is 21.9. The van der Waals surface area contributed by atoms with Crippen LogP contribution in [0.3, 0.4) is 0 Å². The van der Waals surface area contributed by atoms with Gasteiger partial charge in [0, 0.05) is 43.9 Å². The van der Waals surface area contributed by atoms with Crippen molar-refractivity contribution in [2.45, 2.75) is 39.5 Å². The summed E-state index contributed by atoms with van der Waals surface area (Å²) in [6.45, 7) is 7.64. The fraction of sp³-hybridized carbons (Fsp3) is 0.423. The third-order valence-electron chi connectivity index (χ3n) is 5.75. The molecule has 7 nitrogen and oxygen atoms in total. The van der Waals surface area contributed by atoms with Gasteiger partial charge in [-0.3, -0.25) is 14.9 Å². The Morgan fingerprint density at radius 2 is 1.74 bits per heavy atom. The summed E-state index contributed by atoms with van der Waals surface area (Å²) in [6, 6.07) is 12.6. The molecule has 1 heterocycles. The number of piperazine rings is 1. The second kappa shape index (κ2) is 13.3. The fourth-order valence-electron chi connectivity index (χ4n) is 3.78. The van der Waals surface area contributed by atoms with Crippen molar-refractivity contribution in [2.24, 2.45) is 0 Å². The highest BCUT2D eigenvalue weighted by molar-refractivity contribution is 7.80. The predicted molar refractivity (Wildman–Crippen MR) is 146 cm³/mol. The van der Waals surface area contributed by atoms with Gasteiger partial charge < -0.3 is 19.9 Å². The number of nitrogens with one attached hydrogen (secondary N) is 2. The third-order valence-corrected chi connectivity index (χ3v) is 6.26. The molecule has 1 aliphatic heterocycles. The van der Waals surface area contributed by atoms with Crippen molar-refractivity contribution >= 4 is 52.1 Å². The van der Waals surface area contributed by atoms with Gasteiger partial charge in [-0.2, -0.15) is 0 Å². The second-order valence-corrected chi connectivity index (χ2v) is 9.23. The number of hydrogen-bond donors (Lipinski definition) is 2. The number of carbonyl (C=O) groups excluding carboxylic acids is 2. The molecule has 2 N–H and O–H groups in total. The largest absolute Gasteiger partial charge is 0.494 e. The molecule has 3 rings (SSSR count). The molecule has 35 heavy (non-hydrogen) atoms. The first kappa shape index (κ1) is 26.8. The number of thiocarbonyl (C=S) groups is 1. The Bertz CT molecular complexity index is 1020. The van der Waals surface area contributed by atoms with Gasteiger partial charge in [0.1, 0.15) is 5.75 Å². The van der Waals surface area contributed by atoms with E-state index in [0.717, 1.165) is 43.8 Å². The minimum atomic E-state index is -0.305. The van der Waals surface area contributed by atoms with Gasteiger partial charge in [-0.25, -0.2) is 0 Å². The average molecular weight is 517 g/mol. The van der Waals surface area contributed by atoms with Gasteiger partial charge in [0.15, 0.2) is 5.11 Å². The first-order valence-corrected chi connectivity index (χ1v) is 12.9. The van der Waals surface area contributed by atoms with E-state index >= 15 is 0 Å². The van der Waals surface area contributed by atoms with Gasteiger partial charge in [0.25, 0.3) is 5.91 Å². The fourth-order valence-corrected chi connectivity index (χ4v) is 4.29.